The van der Waals surface area contributed by atoms with Crippen LogP contribution in [0.15, 0.2) is 11.6 Å². The van der Waals surface area contributed by atoms with Crippen LogP contribution in [0, 0.1) is 0 Å². The fourth-order valence-electron chi connectivity index (χ4n) is 2.05. The summed E-state index contributed by atoms with van der Waals surface area (Å²) < 4.78 is 26.1. The summed E-state index contributed by atoms with van der Waals surface area (Å²) in [6, 6.07) is 0. The van der Waals surface area contributed by atoms with Crippen LogP contribution >= 0.6 is 0 Å². The van der Waals surface area contributed by atoms with Crippen LogP contribution in [-0.4, -0.2) is 44.1 Å². The molecule has 0 aromatic carbocycles. The van der Waals surface area contributed by atoms with Crippen LogP contribution in [0.1, 0.15) is 49.8 Å². The van der Waals surface area contributed by atoms with Gasteiger partial charge in [0.15, 0.2) is 14.1 Å². The maximum atomic E-state index is 10.7. The van der Waals surface area contributed by atoms with E-state index in [2.05, 4.69) is 33.9 Å². The number of hydrogen-bond acceptors (Lipinski definition) is 4. The molecular formula is C17H34O4Si. The van der Waals surface area contributed by atoms with Gasteiger partial charge in [-0.2, -0.15) is 0 Å². The Morgan fingerprint density at radius 3 is 2.36 bits per heavy atom. The van der Waals surface area contributed by atoms with Gasteiger partial charge in [0.1, 0.15) is 18.3 Å². The molecule has 4 nitrogen and oxygen atoms in total. The fraction of sp³-hybridized carbons (Fsp3) is 0.882. The maximum Gasteiger partial charge on any atom is 0.192 e. The lowest BCUT2D eigenvalue weighted by molar-refractivity contribution is -0.155. The summed E-state index contributed by atoms with van der Waals surface area (Å²) in [5.74, 6) is -0.826. The van der Waals surface area contributed by atoms with Gasteiger partial charge in [-0.25, -0.2) is 0 Å². The van der Waals surface area contributed by atoms with E-state index < -0.39 is 32.4 Å². The van der Waals surface area contributed by atoms with Crippen molar-refractivity contribution in [3.63, 3.8) is 0 Å². The lowest BCUT2D eigenvalue weighted by Gasteiger charge is -2.37. The number of ether oxygens (including phenoxy) is 2. The first-order valence-electron chi connectivity index (χ1n) is 8.44. The van der Waals surface area contributed by atoms with E-state index in [1.807, 2.05) is 19.9 Å². The van der Waals surface area contributed by atoms with E-state index in [0.29, 0.717) is 0 Å². The van der Waals surface area contributed by atoms with E-state index in [1.165, 1.54) is 0 Å². The zero-order valence-corrected chi connectivity index (χ0v) is 16.6. The highest BCUT2D eigenvalue weighted by molar-refractivity contribution is 6.74. The Kier molecular flexibility index (Phi) is 5.55. The highest BCUT2D eigenvalue weighted by atomic mass is 28.4. The molecule has 1 aliphatic heterocycles. The summed E-state index contributed by atoms with van der Waals surface area (Å²) in [5, 5.41) is 10.7. The van der Waals surface area contributed by atoms with Crippen molar-refractivity contribution in [3.8, 4) is 0 Å². The van der Waals surface area contributed by atoms with Crippen molar-refractivity contribution in [1.82, 2.24) is 0 Å². The van der Waals surface area contributed by atoms with Crippen molar-refractivity contribution < 1.29 is 20.4 Å². The molecule has 1 saturated heterocycles. The summed E-state index contributed by atoms with van der Waals surface area (Å²) >= 11 is 0. The van der Waals surface area contributed by atoms with Gasteiger partial charge in [0.25, 0.3) is 0 Å². The minimum absolute atomic E-state index is 0.0225. The molecule has 0 amide bonds. The van der Waals surface area contributed by atoms with Gasteiger partial charge >= 0.3 is 0 Å². The third kappa shape index (κ3) is 5.17. The Hall–Kier alpha value is -0.203. The average molecular weight is 332 g/mol. The Bertz CT molecular complexity index is 448. The first-order chi connectivity index (χ1) is 10.1. The Morgan fingerprint density at radius 1 is 1.36 bits per heavy atom. The number of aliphatic hydroxyl groups is 1. The molecule has 0 radical (unpaired) electrons. The minimum atomic E-state index is -2.05. The third-order valence-corrected chi connectivity index (χ3v) is 8.82. The van der Waals surface area contributed by atoms with Crippen molar-refractivity contribution >= 4 is 8.32 Å². The monoisotopic (exact) mass is 331 g/mol. The fourth-order valence-corrected chi connectivity index (χ4v) is 2.99. The van der Waals surface area contributed by atoms with Gasteiger partial charge in [0, 0.05) is 0 Å². The van der Waals surface area contributed by atoms with Crippen LogP contribution in [0.3, 0.4) is 0 Å². The van der Waals surface area contributed by atoms with Gasteiger partial charge < -0.3 is 19.0 Å². The molecule has 130 valence electrons. The second-order valence-electron chi connectivity index (χ2n) is 8.31. The normalized spacial score (nSPS) is 28.9. The summed E-state index contributed by atoms with van der Waals surface area (Å²) in [5.41, 5.74) is 1.06. The van der Waals surface area contributed by atoms with E-state index in [0.717, 1.165) is 5.57 Å². The topological polar surface area (TPSA) is 47.9 Å². The van der Waals surface area contributed by atoms with E-state index >= 15 is 0 Å². The molecule has 0 saturated carbocycles. The zero-order chi connectivity index (χ0) is 18.3. The molecule has 0 bridgehead atoms. The van der Waals surface area contributed by atoms with E-state index in [-0.39, 0.29) is 11.6 Å². The summed E-state index contributed by atoms with van der Waals surface area (Å²) in [6.07, 6.45) is -1.21. The van der Waals surface area contributed by atoms with Crippen molar-refractivity contribution in [3.05, 3.63) is 11.6 Å². The molecule has 0 aromatic heterocycles. The Labute approximate surface area is 138 Å². The van der Waals surface area contributed by atoms with Crippen molar-refractivity contribution in [2.24, 2.45) is 0 Å². The standard InChI is InChI=1S/C17H34O4Si/c1-12(2)10-14-15(21-17(6,7)20-14)13(18)11-19-22(8,9)16(3,4)5/h10,13-15,18H,11H2,1-9H3/t13-,14-,15+/m0/s1/i13D. The highest BCUT2D eigenvalue weighted by Gasteiger charge is 2.45. The van der Waals surface area contributed by atoms with Crippen LogP contribution in [0.5, 0.6) is 0 Å². The van der Waals surface area contributed by atoms with Gasteiger partial charge in [-0.1, -0.05) is 32.4 Å². The molecule has 0 aliphatic carbocycles. The molecule has 0 unspecified atom stereocenters. The van der Waals surface area contributed by atoms with Crippen LogP contribution in [-0.2, 0) is 13.9 Å². The Balaban J connectivity index is 2.91. The van der Waals surface area contributed by atoms with Gasteiger partial charge in [-0.05, 0) is 45.8 Å². The van der Waals surface area contributed by atoms with E-state index in [4.69, 9.17) is 15.3 Å². The predicted octanol–water partition coefficient (Wildman–Crippen LogP) is 3.86. The number of rotatable bonds is 5. The largest absolute Gasteiger partial charge is 0.414 e. The highest BCUT2D eigenvalue weighted by Crippen LogP contribution is 2.37. The average Bonchev–Trinajstić information content (AvgIpc) is 2.60. The summed E-state index contributed by atoms with van der Waals surface area (Å²) in [6.45, 7) is 18.0. The molecule has 3 atom stereocenters. The van der Waals surface area contributed by atoms with Gasteiger partial charge in [0.05, 0.1) is 7.98 Å². The molecule has 1 fully saturated rings. The minimum Gasteiger partial charge on any atom is -0.414 e. The van der Waals surface area contributed by atoms with Crippen molar-refractivity contribution in [2.45, 2.75) is 90.7 Å². The smallest absolute Gasteiger partial charge is 0.192 e. The van der Waals surface area contributed by atoms with Crippen LogP contribution in [0.25, 0.3) is 0 Å². The lowest BCUT2D eigenvalue weighted by atomic mass is 10.1. The van der Waals surface area contributed by atoms with Gasteiger partial charge in [-0.3, -0.25) is 0 Å². The van der Waals surface area contributed by atoms with E-state index in [9.17, 15) is 5.11 Å². The third-order valence-electron chi connectivity index (χ3n) is 4.34. The molecule has 5 heteroatoms. The molecule has 1 heterocycles. The zero-order valence-electron chi connectivity index (χ0n) is 16.6. The molecule has 0 aromatic rings. The molecule has 1 rings (SSSR count). The molecule has 1 N–H and O–H groups in total. The first kappa shape index (κ1) is 18.1. The second kappa shape index (κ2) is 6.73. The van der Waals surface area contributed by atoms with Gasteiger partial charge in [0.2, 0.25) is 0 Å². The van der Waals surface area contributed by atoms with Crippen molar-refractivity contribution in [2.75, 3.05) is 6.61 Å². The van der Waals surface area contributed by atoms with Gasteiger partial charge in [-0.15, -0.1) is 0 Å². The van der Waals surface area contributed by atoms with Crippen molar-refractivity contribution in [1.29, 1.82) is 0 Å². The quantitative estimate of drug-likeness (QED) is 0.614. The number of hydrogen-bond donors (Lipinski definition) is 1. The van der Waals surface area contributed by atoms with Crippen LogP contribution in [0.4, 0.5) is 0 Å². The number of allylic oxidation sites excluding steroid dienone is 1. The summed E-state index contributed by atoms with van der Waals surface area (Å²) in [4.78, 5) is 0. The molecule has 0 spiro atoms. The van der Waals surface area contributed by atoms with E-state index in [1.54, 1.807) is 13.8 Å². The Morgan fingerprint density at radius 2 is 1.91 bits per heavy atom. The van der Waals surface area contributed by atoms with Crippen LogP contribution in [0.2, 0.25) is 18.1 Å². The second-order valence-corrected chi connectivity index (χ2v) is 13.1. The molecule has 22 heavy (non-hydrogen) atoms. The summed E-state index contributed by atoms with van der Waals surface area (Å²) in [7, 11) is -2.05. The maximum absolute atomic E-state index is 10.7. The first-order valence-corrected chi connectivity index (χ1v) is 10.9. The molecule has 1 aliphatic rings. The lowest BCUT2D eigenvalue weighted by Crippen LogP contribution is -2.46. The SMILES string of the molecule is [2H][C@](O)(CO[Si](C)(C)C(C)(C)C)[C@H]1OC(C)(C)O[C@H]1C=C(C)C. The molecular weight excluding hydrogens is 296 g/mol. The predicted molar refractivity (Wildman–Crippen MR) is 92.4 cm³/mol. The van der Waals surface area contributed by atoms with Crippen LogP contribution < -0.4 is 0 Å².